The van der Waals surface area contributed by atoms with E-state index >= 15 is 0 Å². The molecular formula is C15H19NO2. The van der Waals surface area contributed by atoms with Gasteiger partial charge in [0.1, 0.15) is 0 Å². The second-order valence-corrected chi connectivity index (χ2v) is 6.04. The van der Waals surface area contributed by atoms with Crippen molar-refractivity contribution in [3.8, 4) is 0 Å². The molecule has 1 amide bonds. The monoisotopic (exact) mass is 245 g/mol. The van der Waals surface area contributed by atoms with Crippen LogP contribution in [0.15, 0.2) is 18.2 Å². The van der Waals surface area contributed by atoms with Crippen LogP contribution < -0.4 is 5.32 Å². The number of nitrogens with one attached hydrogen (secondary N) is 1. The molecule has 0 radical (unpaired) electrons. The highest BCUT2D eigenvalue weighted by Gasteiger charge is 2.21. The number of hydrogen-bond donors (Lipinski definition) is 1. The van der Waals surface area contributed by atoms with Crippen molar-refractivity contribution in [1.29, 1.82) is 0 Å². The van der Waals surface area contributed by atoms with Gasteiger partial charge in [0.25, 0.3) is 5.91 Å². The molecule has 96 valence electrons. The Morgan fingerprint density at radius 1 is 1.33 bits per heavy atom. The number of Topliss-reactive ketones (excluding diaryl/α,β-unsaturated/α-hetero) is 1. The van der Waals surface area contributed by atoms with Gasteiger partial charge in [-0.1, -0.05) is 32.9 Å². The Hall–Kier alpha value is -1.64. The lowest BCUT2D eigenvalue weighted by atomic mass is 9.86. The Labute approximate surface area is 108 Å². The Kier molecular flexibility index (Phi) is 3.24. The molecule has 0 saturated heterocycles. The number of carbonyl (C=O) groups is 2. The largest absolute Gasteiger partial charge is 0.352 e. The first-order valence-corrected chi connectivity index (χ1v) is 6.31. The summed E-state index contributed by atoms with van der Waals surface area (Å²) < 4.78 is 0. The summed E-state index contributed by atoms with van der Waals surface area (Å²) in [6, 6.07) is 5.48. The first kappa shape index (κ1) is 12.8. The average Bonchev–Trinajstić information content (AvgIpc) is 2.27. The summed E-state index contributed by atoms with van der Waals surface area (Å²) in [6.07, 6.45) is 1.34. The van der Waals surface area contributed by atoms with Gasteiger partial charge in [0.05, 0.1) is 0 Å². The molecular weight excluding hydrogens is 226 g/mol. The fourth-order valence-corrected chi connectivity index (χ4v) is 2.17. The van der Waals surface area contributed by atoms with Crippen LogP contribution in [0, 0.1) is 5.41 Å². The molecule has 0 aromatic heterocycles. The van der Waals surface area contributed by atoms with Crippen LogP contribution >= 0.6 is 0 Å². The van der Waals surface area contributed by atoms with E-state index in [4.69, 9.17) is 0 Å². The normalized spacial score (nSPS) is 14.9. The lowest BCUT2D eigenvalue weighted by Crippen LogP contribution is -2.32. The predicted octanol–water partition coefficient (Wildman–Crippen LogP) is 2.59. The lowest BCUT2D eigenvalue weighted by molar-refractivity contribution is 0.0940. The molecule has 0 fully saturated rings. The highest BCUT2D eigenvalue weighted by atomic mass is 16.1. The van der Waals surface area contributed by atoms with E-state index in [1.807, 2.05) is 32.9 Å². The molecule has 1 aromatic rings. The van der Waals surface area contributed by atoms with Gasteiger partial charge < -0.3 is 5.32 Å². The maximum Gasteiger partial charge on any atom is 0.251 e. The molecule has 1 N–H and O–H groups in total. The summed E-state index contributed by atoms with van der Waals surface area (Å²) >= 11 is 0. The molecule has 18 heavy (non-hydrogen) atoms. The first-order valence-electron chi connectivity index (χ1n) is 6.31. The fraction of sp³-hybridized carbons (Fsp3) is 0.467. The quantitative estimate of drug-likeness (QED) is 0.814. The molecule has 0 bridgehead atoms. The number of rotatable bonds is 2. The van der Waals surface area contributed by atoms with Crippen molar-refractivity contribution >= 4 is 11.7 Å². The molecule has 0 unspecified atom stereocenters. The average molecular weight is 245 g/mol. The minimum absolute atomic E-state index is 0.0325. The standard InChI is InChI=1S/C15H19NO2/c1-15(2,3)9-13(17)11-5-4-10-6-7-16-14(18)12(10)8-11/h4-5,8H,6-7,9H2,1-3H3,(H,16,18). The van der Waals surface area contributed by atoms with Crippen LogP contribution in [0.3, 0.4) is 0 Å². The third kappa shape index (κ3) is 2.78. The van der Waals surface area contributed by atoms with Gasteiger partial charge in [0.15, 0.2) is 5.78 Å². The summed E-state index contributed by atoms with van der Waals surface area (Å²) in [4.78, 5) is 23.8. The zero-order valence-corrected chi connectivity index (χ0v) is 11.2. The van der Waals surface area contributed by atoms with Crippen LogP contribution in [0.1, 0.15) is 53.5 Å². The van der Waals surface area contributed by atoms with E-state index in [2.05, 4.69) is 5.32 Å². The van der Waals surface area contributed by atoms with Gasteiger partial charge in [-0.3, -0.25) is 9.59 Å². The van der Waals surface area contributed by atoms with Gasteiger partial charge in [-0.2, -0.15) is 0 Å². The van der Waals surface area contributed by atoms with Crippen molar-refractivity contribution in [3.05, 3.63) is 34.9 Å². The number of amides is 1. The zero-order valence-electron chi connectivity index (χ0n) is 11.2. The Morgan fingerprint density at radius 3 is 2.72 bits per heavy atom. The fourth-order valence-electron chi connectivity index (χ4n) is 2.17. The number of benzene rings is 1. The highest BCUT2D eigenvalue weighted by molar-refractivity contribution is 6.02. The van der Waals surface area contributed by atoms with Crippen molar-refractivity contribution in [2.45, 2.75) is 33.6 Å². The molecule has 3 nitrogen and oxygen atoms in total. The topological polar surface area (TPSA) is 46.2 Å². The van der Waals surface area contributed by atoms with E-state index in [0.717, 1.165) is 12.0 Å². The summed E-state index contributed by atoms with van der Waals surface area (Å²) in [5, 5.41) is 2.80. The zero-order chi connectivity index (χ0) is 13.3. The van der Waals surface area contributed by atoms with Crippen LogP contribution in [-0.4, -0.2) is 18.2 Å². The maximum absolute atomic E-state index is 12.1. The van der Waals surface area contributed by atoms with E-state index in [0.29, 0.717) is 24.1 Å². The van der Waals surface area contributed by atoms with Crippen LogP contribution in [0.4, 0.5) is 0 Å². The highest BCUT2D eigenvalue weighted by Crippen LogP contribution is 2.23. The van der Waals surface area contributed by atoms with Gasteiger partial charge in [-0.05, 0) is 23.5 Å². The Balaban J connectivity index is 2.28. The maximum atomic E-state index is 12.1. The molecule has 0 spiro atoms. The number of hydrogen-bond acceptors (Lipinski definition) is 2. The molecule has 0 saturated carbocycles. The summed E-state index contributed by atoms with van der Waals surface area (Å²) in [5.74, 6) is 0.0327. The van der Waals surface area contributed by atoms with Crippen molar-refractivity contribution in [2.75, 3.05) is 6.54 Å². The summed E-state index contributed by atoms with van der Waals surface area (Å²) in [7, 11) is 0. The molecule has 1 aliphatic heterocycles. The Bertz CT molecular complexity index is 498. The van der Waals surface area contributed by atoms with E-state index in [9.17, 15) is 9.59 Å². The molecule has 1 aliphatic rings. The predicted molar refractivity (Wildman–Crippen MR) is 70.9 cm³/mol. The van der Waals surface area contributed by atoms with Crippen LogP contribution in [0.2, 0.25) is 0 Å². The minimum atomic E-state index is -0.0679. The Morgan fingerprint density at radius 2 is 2.06 bits per heavy atom. The van der Waals surface area contributed by atoms with Gasteiger partial charge in [0, 0.05) is 24.1 Å². The second-order valence-electron chi connectivity index (χ2n) is 6.04. The van der Waals surface area contributed by atoms with Crippen LogP contribution in [-0.2, 0) is 6.42 Å². The first-order chi connectivity index (χ1) is 8.37. The van der Waals surface area contributed by atoms with Gasteiger partial charge in [-0.25, -0.2) is 0 Å². The van der Waals surface area contributed by atoms with Gasteiger partial charge in [-0.15, -0.1) is 0 Å². The van der Waals surface area contributed by atoms with Gasteiger partial charge >= 0.3 is 0 Å². The number of fused-ring (bicyclic) bond motifs is 1. The third-order valence-corrected chi connectivity index (χ3v) is 3.05. The second kappa shape index (κ2) is 4.56. The lowest BCUT2D eigenvalue weighted by Gasteiger charge is -2.19. The van der Waals surface area contributed by atoms with E-state index in [1.165, 1.54) is 0 Å². The van der Waals surface area contributed by atoms with Gasteiger partial charge in [0.2, 0.25) is 0 Å². The van der Waals surface area contributed by atoms with Crippen molar-refractivity contribution < 1.29 is 9.59 Å². The third-order valence-electron chi connectivity index (χ3n) is 3.05. The smallest absolute Gasteiger partial charge is 0.251 e. The molecule has 1 heterocycles. The van der Waals surface area contributed by atoms with E-state index in [-0.39, 0.29) is 17.1 Å². The summed E-state index contributed by atoms with van der Waals surface area (Å²) in [5.41, 5.74) is 2.29. The molecule has 3 heteroatoms. The SMILES string of the molecule is CC(C)(C)CC(=O)c1ccc2c(c1)C(=O)NCC2. The van der Waals surface area contributed by atoms with Crippen molar-refractivity contribution in [3.63, 3.8) is 0 Å². The molecule has 1 aromatic carbocycles. The van der Waals surface area contributed by atoms with E-state index < -0.39 is 0 Å². The molecule has 0 atom stereocenters. The van der Waals surface area contributed by atoms with E-state index in [1.54, 1.807) is 6.07 Å². The number of carbonyl (C=O) groups excluding carboxylic acids is 2. The minimum Gasteiger partial charge on any atom is -0.352 e. The number of ketones is 1. The van der Waals surface area contributed by atoms with Crippen molar-refractivity contribution in [1.82, 2.24) is 5.32 Å². The van der Waals surface area contributed by atoms with Crippen LogP contribution in [0.25, 0.3) is 0 Å². The van der Waals surface area contributed by atoms with Crippen molar-refractivity contribution in [2.24, 2.45) is 5.41 Å². The molecule has 0 aliphatic carbocycles. The summed E-state index contributed by atoms with van der Waals surface area (Å²) in [6.45, 7) is 6.79. The van der Waals surface area contributed by atoms with Crippen LogP contribution in [0.5, 0.6) is 0 Å². The molecule has 2 rings (SSSR count).